The largest absolute Gasteiger partial charge is 0.357 e. The maximum Gasteiger partial charge on any atom is 0.242 e. The van der Waals surface area contributed by atoms with E-state index in [4.69, 9.17) is 23.2 Å². The molecule has 21 heavy (non-hydrogen) atoms. The van der Waals surface area contributed by atoms with Gasteiger partial charge in [0.05, 0.1) is 10.0 Å². The lowest BCUT2D eigenvalue weighted by Crippen LogP contribution is -2.46. The molecule has 0 aliphatic heterocycles. The first-order chi connectivity index (χ1) is 9.90. The fourth-order valence-electron chi connectivity index (χ4n) is 1.98. The number of hydrogen-bond acceptors (Lipinski definition) is 2. The van der Waals surface area contributed by atoms with Gasteiger partial charge in [-0.15, -0.1) is 0 Å². The minimum atomic E-state index is -0.538. The summed E-state index contributed by atoms with van der Waals surface area (Å²) >= 11 is 11.9. The van der Waals surface area contributed by atoms with E-state index in [1.807, 2.05) is 6.92 Å². The molecular weight excluding hydrogens is 311 g/mol. The molecule has 0 radical (unpaired) electrons. The van der Waals surface area contributed by atoms with Crippen LogP contribution < -0.4 is 5.32 Å². The second-order valence-corrected chi connectivity index (χ2v) is 5.62. The number of amides is 2. The molecule has 4 nitrogen and oxygen atoms in total. The molecule has 0 saturated heterocycles. The van der Waals surface area contributed by atoms with Crippen LogP contribution in [0.2, 0.25) is 10.0 Å². The number of nitrogens with zero attached hydrogens (tertiary/aromatic N) is 1. The monoisotopic (exact) mass is 330 g/mol. The Morgan fingerprint density at radius 1 is 1.29 bits per heavy atom. The Kier molecular flexibility index (Phi) is 6.99. The maximum atomic E-state index is 12.2. The van der Waals surface area contributed by atoms with Crippen LogP contribution in [0.25, 0.3) is 0 Å². The standard InChI is InChI=1S/C15H20Cl2N2O2/c1-4-5-14(20)19(10(2)15(21)18-3)9-11-6-7-12(16)13(17)8-11/h6-8,10H,4-5,9H2,1-3H3,(H,18,21)/t10-/m0/s1. The molecule has 1 aromatic rings. The van der Waals surface area contributed by atoms with Gasteiger partial charge in [0.2, 0.25) is 11.8 Å². The summed E-state index contributed by atoms with van der Waals surface area (Å²) < 4.78 is 0. The molecule has 0 saturated carbocycles. The molecule has 0 heterocycles. The van der Waals surface area contributed by atoms with Crippen LogP contribution in [-0.4, -0.2) is 29.8 Å². The molecule has 1 atom stereocenters. The van der Waals surface area contributed by atoms with Crippen LogP contribution in [0, 0.1) is 0 Å². The summed E-state index contributed by atoms with van der Waals surface area (Å²) in [6.07, 6.45) is 1.14. The summed E-state index contributed by atoms with van der Waals surface area (Å²) in [5.41, 5.74) is 0.838. The second-order valence-electron chi connectivity index (χ2n) is 4.81. The van der Waals surface area contributed by atoms with Gasteiger partial charge in [-0.05, 0) is 31.0 Å². The average molecular weight is 331 g/mol. The molecule has 0 aliphatic carbocycles. The minimum absolute atomic E-state index is 0.0559. The fourth-order valence-corrected chi connectivity index (χ4v) is 2.30. The number of benzene rings is 1. The fraction of sp³-hybridized carbons (Fsp3) is 0.467. The lowest BCUT2D eigenvalue weighted by molar-refractivity contribution is -0.140. The van der Waals surface area contributed by atoms with Gasteiger partial charge in [0.15, 0.2) is 0 Å². The van der Waals surface area contributed by atoms with E-state index in [9.17, 15) is 9.59 Å². The molecule has 0 bridgehead atoms. The molecular formula is C15H20Cl2N2O2. The number of carbonyl (C=O) groups excluding carboxylic acids is 2. The lowest BCUT2D eigenvalue weighted by Gasteiger charge is -2.28. The van der Waals surface area contributed by atoms with E-state index < -0.39 is 6.04 Å². The van der Waals surface area contributed by atoms with Crippen molar-refractivity contribution in [2.24, 2.45) is 0 Å². The number of nitrogens with one attached hydrogen (secondary N) is 1. The highest BCUT2D eigenvalue weighted by molar-refractivity contribution is 6.42. The van der Waals surface area contributed by atoms with Crippen molar-refractivity contribution in [3.05, 3.63) is 33.8 Å². The lowest BCUT2D eigenvalue weighted by atomic mass is 10.1. The van der Waals surface area contributed by atoms with Gasteiger partial charge in [-0.2, -0.15) is 0 Å². The summed E-state index contributed by atoms with van der Waals surface area (Å²) in [6, 6.07) is 4.67. The number of likely N-dealkylation sites (N-methyl/N-ethyl adjacent to an activating group) is 1. The zero-order valence-corrected chi connectivity index (χ0v) is 14.0. The van der Waals surface area contributed by atoms with Crippen LogP contribution in [0.3, 0.4) is 0 Å². The Morgan fingerprint density at radius 3 is 2.48 bits per heavy atom. The van der Waals surface area contributed by atoms with Crippen molar-refractivity contribution in [2.45, 2.75) is 39.3 Å². The Morgan fingerprint density at radius 2 is 1.95 bits per heavy atom. The summed E-state index contributed by atoms with van der Waals surface area (Å²) in [4.78, 5) is 25.6. The third-order valence-corrected chi connectivity index (χ3v) is 3.95. The molecule has 6 heteroatoms. The van der Waals surface area contributed by atoms with Gasteiger partial charge in [-0.3, -0.25) is 9.59 Å². The van der Waals surface area contributed by atoms with Crippen LogP contribution in [0.15, 0.2) is 18.2 Å². The van der Waals surface area contributed by atoms with Crippen LogP contribution in [-0.2, 0) is 16.1 Å². The van der Waals surface area contributed by atoms with Gasteiger partial charge in [-0.1, -0.05) is 36.2 Å². The third kappa shape index (κ3) is 4.90. The van der Waals surface area contributed by atoms with Gasteiger partial charge in [0, 0.05) is 20.0 Å². The quantitative estimate of drug-likeness (QED) is 0.870. The van der Waals surface area contributed by atoms with Crippen LogP contribution >= 0.6 is 23.2 Å². The number of halogens is 2. The molecule has 116 valence electrons. The van der Waals surface area contributed by atoms with E-state index in [1.165, 1.54) is 0 Å². The zero-order valence-electron chi connectivity index (χ0n) is 12.5. The van der Waals surface area contributed by atoms with Gasteiger partial charge in [-0.25, -0.2) is 0 Å². The average Bonchev–Trinajstić information content (AvgIpc) is 2.47. The van der Waals surface area contributed by atoms with E-state index in [1.54, 1.807) is 37.1 Å². The van der Waals surface area contributed by atoms with Gasteiger partial charge >= 0.3 is 0 Å². The van der Waals surface area contributed by atoms with Gasteiger partial charge in [0.25, 0.3) is 0 Å². The first-order valence-electron chi connectivity index (χ1n) is 6.85. The summed E-state index contributed by atoms with van der Waals surface area (Å²) in [5, 5.41) is 3.47. The Balaban J connectivity index is 2.98. The van der Waals surface area contributed by atoms with Crippen molar-refractivity contribution >= 4 is 35.0 Å². The first kappa shape index (κ1) is 17.8. The van der Waals surface area contributed by atoms with E-state index in [2.05, 4.69) is 5.32 Å². The molecule has 2 amide bonds. The topological polar surface area (TPSA) is 49.4 Å². The number of carbonyl (C=O) groups is 2. The van der Waals surface area contributed by atoms with E-state index in [0.29, 0.717) is 23.0 Å². The molecule has 0 fully saturated rings. The first-order valence-corrected chi connectivity index (χ1v) is 7.61. The summed E-state index contributed by atoms with van der Waals surface area (Å²) in [6.45, 7) is 3.97. The number of hydrogen-bond donors (Lipinski definition) is 1. The Hall–Kier alpha value is -1.26. The highest BCUT2D eigenvalue weighted by Gasteiger charge is 2.24. The molecule has 0 spiro atoms. The van der Waals surface area contributed by atoms with E-state index in [0.717, 1.165) is 12.0 Å². The van der Waals surface area contributed by atoms with Crippen molar-refractivity contribution in [2.75, 3.05) is 7.05 Å². The second kappa shape index (κ2) is 8.25. The van der Waals surface area contributed by atoms with Crippen molar-refractivity contribution in [3.8, 4) is 0 Å². The predicted molar refractivity (Wildman–Crippen MR) is 85.4 cm³/mol. The van der Waals surface area contributed by atoms with Gasteiger partial charge < -0.3 is 10.2 Å². The predicted octanol–water partition coefficient (Wildman–Crippen LogP) is 3.26. The van der Waals surface area contributed by atoms with Crippen molar-refractivity contribution in [3.63, 3.8) is 0 Å². The Bertz CT molecular complexity index is 520. The third-order valence-electron chi connectivity index (χ3n) is 3.21. The van der Waals surface area contributed by atoms with Crippen molar-refractivity contribution in [1.29, 1.82) is 0 Å². The Labute approximate surface area is 135 Å². The van der Waals surface area contributed by atoms with Crippen molar-refractivity contribution < 1.29 is 9.59 Å². The normalized spacial score (nSPS) is 11.9. The van der Waals surface area contributed by atoms with Crippen LogP contribution in [0.4, 0.5) is 0 Å². The van der Waals surface area contributed by atoms with Gasteiger partial charge in [0.1, 0.15) is 6.04 Å². The highest BCUT2D eigenvalue weighted by Crippen LogP contribution is 2.24. The summed E-state index contributed by atoms with van der Waals surface area (Å²) in [7, 11) is 1.56. The van der Waals surface area contributed by atoms with Crippen molar-refractivity contribution in [1.82, 2.24) is 10.2 Å². The SMILES string of the molecule is CCCC(=O)N(Cc1ccc(Cl)c(Cl)c1)[C@@H](C)C(=O)NC. The van der Waals surface area contributed by atoms with Crippen LogP contribution in [0.5, 0.6) is 0 Å². The summed E-state index contributed by atoms with van der Waals surface area (Å²) in [5.74, 6) is -0.251. The molecule has 0 aromatic heterocycles. The smallest absolute Gasteiger partial charge is 0.242 e. The van der Waals surface area contributed by atoms with Crippen LogP contribution in [0.1, 0.15) is 32.3 Å². The molecule has 1 rings (SSSR count). The number of rotatable bonds is 6. The highest BCUT2D eigenvalue weighted by atomic mass is 35.5. The minimum Gasteiger partial charge on any atom is -0.357 e. The molecule has 1 aromatic carbocycles. The molecule has 0 unspecified atom stereocenters. The molecule has 1 N–H and O–H groups in total. The zero-order chi connectivity index (χ0) is 16.0. The molecule has 0 aliphatic rings. The maximum absolute atomic E-state index is 12.2. The van der Waals surface area contributed by atoms with E-state index >= 15 is 0 Å². The van der Waals surface area contributed by atoms with E-state index in [-0.39, 0.29) is 11.8 Å².